The summed E-state index contributed by atoms with van der Waals surface area (Å²) in [7, 11) is 0. The van der Waals surface area contributed by atoms with Gasteiger partial charge in [-0.25, -0.2) is 0 Å². The summed E-state index contributed by atoms with van der Waals surface area (Å²) in [6.07, 6.45) is 8.58. The van der Waals surface area contributed by atoms with Crippen LogP contribution < -0.4 is 16.4 Å². The molecule has 0 bridgehead atoms. The Hall–Kier alpha value is -1.36. The van der Waals surface area contributed by atoms with Gasteiger partial charge in [-0.1, -0.05) is 6.42 Å². The standard InChI is InChI=1S/C16H23N3OS/c1-21-12-4-2-3-11(8-12)18-15-7-10-5-6-16(20)19-14(10)9-13(15)17/h7,9,11-12,18H,2-6,8,17H2,1H3,(H,19,20). The van der Waals surface area contributed by atoms with Crippen molar-refractivity contribution in [2.75, 3.05) is 22.6 Å². The summed E-state index contributed by atoms with van der Waals surface area (Å²) in [6.45, 7) is 0. The van der Waals surface area contributed by atoms with Crippen molar-refractivity contribution in [3.8, 4) is 0 Å². The van der Waals surface area contributed by atoms with Crippen LogP contribution in [0, 0.1) is 0 Å². The Balaban J connectivity index is 1.75. The Morgan fingerprint density at radius 1 is 1.33 bits per heavy atom. The van der Waals surface area contributed by atoms with E-state index < -0.39 is 0 Å². The van der Waals surface area contributed by atoms with Crippen LogP contribution in [0.1, 0.15) is 37.7 Å². The zero-order chi connectivity index (χ0) is 14.8. The quantitative estimate of drug-likeness (QED) is 0.750. The number of rotatable bonds is 3. The molecule has 2 aliphatic rings. The van der Waals surface area contributed by atoms with Crippen LogP contribution in [0.3, 0.4) is 0 Å². The minimum Gasteiger partial charge on any atom is -0.397 e. The van der Waals surface area contributed by atoms with Gasteiger partial charge < -0.3 is 16.4 Å². The maximum absolute atomic E-state index is 11.4. The average Bonchev–Trinajstić information content (AvgIpc) is 2.48. The van der Waals surface area contributed by atoms with Crippen molar-refractivity contribution < 1.29 is 4.79 Å². The summed E-state index contributed by atoms with van der Waals surface area (Å²) in [4.78, 5) is 11.4. The first kappa shape index (κ1) is 14.6. The number of anilines is 3. The number of hydrogen-bond donors (Lipinski definition) is 3. The van der Waals surface area contributed by atoms with Crippen molar-refractivity contribution in [1.29, 1.82) is 0 Å². The lowest BCUT2D eigenvalue weighted by Gasteiger charge is -2.30. The predicted molar refractivity (Wildman–Crippen MR) is 91.0 cm³/mol. The largest absolute Gasteiger partial charge is 0.397 e. The summed E-state index contributed by atoms with van der Waals surface area (Å²) in [5.41, 5.74) is 9.96. The molecule has 4 N–H and O–H groups in total. The normalized spacial score (nSPS) is 25.1. The van der Waals surface area contributed by atoms with Crippen molar-refractivity contribution in [3.05, 3.63) is 17.7 Å². The Morgan fingerprint density at radius 3 is 3.00 bits per heavy atom. The topological polar surface area (TPSA) is 67.2 Å². The number of aryl methyl sites for hydroxylation is 1. The second-order valence-corrected chi connectivity index (χ2v) is 7.15. The van der Waals surface area contributed by atoms with Gasteiger partial charge in [0.15, 0.2) is 0 Å². The van der Waals surface area contributed by atoms with Crippen molar-refractivity contribution >= 4 is 34.7 Å². The van der Waals surface area contributed by atoms with Gasteiger partial charge in [-0.3, -0.25) is 4.79 Å². The lowest BCUT2D eigenvalue weighted by molar-refractivity contribution is -0.116. The number of amides is 1. The summed E-state index contributed by atoms with van der Waals surface area (Å²) in [5, 5.41) is 7.28. The van der Waals surface area contributed by atoms with Crippen LogP contribution in [0.2, 0.25) is 0 Å². The number of carbonyl (C=O) groups is 1. The molecule has 1 aromatic carbocycles. The monoisotopic (exact) mass is 305 g/mol. The lowest BCUT2D eigenvalue weighted by Crippen LogP contribution is -2.29. The van der Waals surface area contributed by atoms with E-state index in [-0.39, 0.29) is 5.91 Å². The molecule has 1 fully saturated rings. The van der Waals surface area contributed by atoms with Crippen molar-refractivity contribution in [3.63, 3.8) is 0 Å². The van der Waals surface area contributed by atoms with Crippen LogP contribution in [0.15, 0.2) is 12.1 Å². The molecule has 1 amide bonds. The molecule has 0 radical (unpaired) electrons. The number of nitrogens with two attached hydrogens (primary N) is 1. The van der Waals surface area contributed by atoms with E-state index in [9.17, 15) is 4.79 Å². The number of nitrogens with one attached hydrogen (secondary N) is 2. The van der Waals surface area contributed by atoms with Gasteiger partial charge in [-0.15, -0.1) is 0 Å². The third kappa shape index (κ3) is 3.28. The first-order chi connectivity index (χ1) is 10.2. The van der Waals surface area contributed by atoms with Crippen LogP contribution in [0.25, 0.3) is 0 Å². The van der Waals surface area contributed by atoms with Gasteiger partial charge in [-0.05, 0) is 49.6 Å². The van der Waals surface area contributed by atoms with Crippen LogP contribution in [0.5, 0.6) is 0 Å². The number of fused-ring (bicyclic) bond motifs is 1. The fourth-order valence-electron chi connectivity index (χ4n) is 3.28. The SMILES string of the molecule is CSC1CCCC(Nc2cc3c(cc2N)NC(=O)CC3)C1. The Kier molecular flexibility index (Phi) is 4.29. The van der Waals surface area contributed by atoms with Gasteiger partial charge in [0.2, 0.25) is 5.91 Å². The van der Waals surface area contributed by atoms with Gasteiger partial charge >= 0.3 is 0 Å². The molecular weight excluding hydrogens is 282 g/mol. The number of carbonyl (C=O) groups excluding carboxylic acids is 1. The molecule has 1 aliphatic carbocycles. The molecule has 21 heavy (non-hydrogen) atoms. The molecule has 0 aromatic heterocycles. The number of hydrogen-bond acceptors (Lipinski definition) is 4. The molecule has 5 heteroatoms. The lowest BCUT2D eigenvalue weighted by atomic mass is 9.94. The molecule has 1 heterocycles. The molecule has 4 nitrogen and oxygen atoms in total. The van der Waals surface area contributed by atoms with Crippen molar-refractivity contribution in [1.82, 2.24) is 0 Å². The molecular formula is C16H23N3OS. The molecule has 114 valence electrons. The summed E-state index contributed by atoms with van der Waals surface area (Å²) in [5.74, 6) is 0.0812. The number of nitrogen functional groups attached to an aromatic ring is 1. The highest BCUT2D eigenvalue weighted by Gasteiger charge is 2.23. The van der Waals surface area contributed by atoms with Crippen LogP contribution in [-0.4, -0.2) is 23.5 Å². The molecule has 1 aromatic rings. The van der Waals surface area contributed by atoms with Crippen LogP contribution >= 0.6 is 11.8 Å². The minimum absolute atomic E-state index is 0.0812. The minimum atomic E-state index is 0.0812. The average molecular weight is 305 g/mol. The van der Waals surface area contributed by atoms with Gasteiger partial charge in [0.1, 0.15) is 0 Å². The van der Waals surface area contributed by atoms with Crippen LogP contribution in [0.4, 0.5) is 17.1 Å². The molecule has 1 saturated carbocycles. The first-order valence-electron chi connectivity index (χ1n) is 7.67. The van der Waals surface area contributed by atoms with Crippen molar-refractivity contribution in [2.24, 2.45) is 0 Å². The van der Waals surface area contributed by atoms with E-state index in [0.717, 1.165) is 28.7 Å². The van der Waals surface area contributed by atoms with E-state index in [0.29, 0.717) is 12.5 Å². The zero-order valence-electron chi connectivity index (χ0n) is 12.4. The fraction of sp³-hybridized carbons (Fsp3) is 0.562. The summed E-state index contributed by atoms with van der Waals surface area (Å²) < 4.78 is 0. The Bertz CT molecular complexity index is 547. The van der Waals surface area contributed by atoms with Gasteiger partial charge in [-0.2, -0.15) is 11.8 Å². The number of thioether (sulfide) groups is 1. The maximum atomic E-state index is 11.4. The molecule has 2 unspecified atom stereocenters. The highest BCUT2D eigenvalue weighted by atomic mass is 32.2. The van der Waals surface area contributed by atoms with E-state index in [2.05, 4.69) is 23.0 Å². The Morgan fingerprint density at radius 2 is 2.19 bits per heavy atom. The van der Waals surface area contributed by atoms with Gasteiger partial charge in [0.25, 0.3) is 0 Å². The van der Waals surface area contributed by atoms with E-state index in [1.807, 2.05) is 17.8 Å². The highest BCUT2D eigenvalue weighted by molar-refractivity contribution is 7.99. The van der Waals surface area contributed by atoms with Gasteiger partial charge in [0.05, 0.1) is 11.4 Å². The van der Waals surface area contributed by atoms with Crippen LogP contribution in [-0.2, 0) is 11.2 Å². The second kappa shape index (κ2) is 6.18. The zero-order valence-corrected chi connectivity index (χ0v) is 13.3. The Labute approximate surface area is 130 Å². The summed E-state index contributed by atoms with van der Waals surface area (Å²) >= 11 is 1.97. The fourth-order valence-corrected chi connectivity index (χ4v) is 4.11. The first-order valence-corrected chi connectivity index (χ1v) is 8.96. The smallest absolute Gasteiger partial charge is 0.224 e. The number of benzene rings is 1. The van der Waals surface area contributed by atoms with E-state index >= 15 is 0 Å². The molecule has 2 atom stereocenters. The van der Waals surface area contributed by atoms with E-state index in [1.54, 1.807) is 0 Å². The third-order valence-electron chi connectivity index (χ3n) is 4.49. The highest BCUT2D eigenvalue weighted by Crippen LogP contribution is 2.34. The van der Waals surface area contributed by atoms with Crippen molar-refractivity contribution in [2.45, 2.75) is 49.8 Å². The molecule has 0 saturated heterocycles. The van der Waals surface area contributed by atoms with E-state index in [4.69, 9.17) is 5.73 Å². The molecule has 3 rings (SSSR count). The van der Waals surface area contributed by atoms with E-state index in [1.165, 1.54) is 31.2 Å². The van der Waals surface area contributed by atoms with Gasteiger partial charge in [0, 0.05) is 23.4 Å². The summed E-state index contributed by atoms with van der Waals surface area (Å²) in [6, 6.07) is 4.52. The third-order valence-corrected chi connectivity index (χ3v) is 5.58. The second-order valence-electron chi connectivity index (χ2n) is 6.01. The predicted octanol–water partition coefficient (Wildman–Crippen LogP) is 3.24. The maximum Gasteiger partial charge on any atom is 0.224 e. The molecule has 0 spiro atoms. The molecule has 1 aliphatic heterocycles.